The molecule has 1 aromatic carbocycles. The maximum absolute atomic E-state index is 11.3. The van der Waals surface area contributed by atoms with Crippen LogP contribution < -0.4 is 0 Å². The number of carbonyl (C=O) groups excluding carboxylic acids is 1. The number of aryl methyl sites for hydroxylation is 1. The summed E-state index contributed by atoms with van der Waals surface area (Å²) in [5.74, 6) is 0.232. The van der Waals surface area contributed by atoms with Crippen molar-refractivity contribution < 1.29 is 4.79 Å². The highest BCUT2D eigenvalue weighted by atomic mass is 79.9. The van der Waals surface area contributed by atoms with Crippen LogP contribution in [-0.2, 0) is 17.6 Å². The first-order valence-corrected chi connectivity index (χ1v) is 7.28. The Bertz CT molecular complexity index is 327. The number of alkyl halides is 1. The van der Waals surface area contributed by atoms with E-state index in [1.165, 1.54) is 10.5 Å². The van der Waals surface area contributed by atoms with E-state index in [2.05, 4.69) is 47.3 Å². The molecular weight excluding hydrogens is 272 g/mol. The smallest absolute Gasteiger partial charge is 0.147 e. The van der Waals surface area contributed by atoms with Gasteiger partial charge in [-0.2, -0.15) is 0 Å². The van der Waals surface area contributed by atoms with Crippen LogP contribution in [-0.4, -0.2) is 17.4 Å². The Kier molecular flexibility index (Phi) is 5.40. The fraction of sp³-hybridized carbons (Fsp3) is 0.417. The minimum Gasteiger partial charge on any atom is -0.298 e. The first kappa shape index (κ1) is 12.8. The van der Waals surface area contributed by atoms with E-state index in [-0.39, 0.29) is 5.78 Å². The van der Waals surface area contributed by atoms with E-state index in [0.717, 1.165) is 12.0 Å². The lowest BCUT2D eigenvalue weighted by Crippen LogP contribution is -2.04. The van der Waals surface area contributed by atoms with Gasteiger partial charge in [0.25, 0.3) is 0 Å². The first-order chi connectivity index (χ1) is 7.19. The number of hydrogen-bond donors (Lipinski definition) is 0. The van der Waals surface area contributed by atoms with Gasteiger partial charge in [0, 0.05) is 11.3 Å². The molecule has 0 saturated carbocycles. The molecule has 3 heteroatoms. The lowest BCUT2D eigenvalue weighted by atomic mass is 10.1. The van der Waals surface area contributed by atoms with E-state index in [9.17, 15) is 4.79 Å². The van der Waals surface area contributed by atoms with Crippen molar-refractivity contribution in [2.75, 3.05) is 11.6 Å². The van der Waals surface area contributed by atoms with Gasteiger partial charge in [0.05, 0.1) is 5.33 Å². The fourth-order valence-electron chi connectivity index (χ4n) is 1.43. The van der Waals surface area contributed by atoms with Gasteiger partial charge < -0.3 is 0 Å². The summed E-state index contributed by atoms with van der Waals surface area (Å²) in [6.45, 7) is 2.13. The maximum atomic E-state index is 11.3. The van der Waals surface area contributed by atoms with E-state index in [1.54, 1.807) is 11.8 Å². The van der Waals surface area contributed by atoms with Gasteiger partial charge in [-0.25, -0.2) is 0 Å². The van der Waals surface area contributed by atoms with Crippen LogP contribution in [0.5, 0.6) is 0 Å². The van der Waals surface area contributed by atoms with Crippen LogP contribution in [0.25, 0.3) is 0 Å². The molecule has 0 atom stereocenters. The monoisotopic (exact) mass is 286 g/mol. The third-order valence-electron chi connectivity index (χ3n) is 2.22. The van der Waals surface area contributed by atoms with Crippen molar-refractivity contribution in [1.29, 1.82) is 0 Å². The minimum absolute atomic E-state index is 0.232. The summed E-state index contributed by atoms with van der Waals surface area (Å²) in [6, 6.07) is 6.41. The number of ketones is 1. The van der Waals surface area contributed by atoms with Crippen molar-refractivity contribution in [1.82, 2.24) is 0 Å². The summed E-state index contributed by atoms with van der Waals surface area (Å²) >= 11 is 4.91. The van der Waals surface area contributed by atoms with Crippen molar-refractivity contribution in [2.45, 2.75) is 24.7 Å². The van der Waals surface area contributed by atoms with E-state index < -0.39 is 0 Å². The predicted octanol–water partition coefficient (Wildman–Crippen LogP) is 3.48. The highest BCUT2D eigenvalue weighted by Crippen LogP contribution is 2.20. The second-order valence-corrected chi connectivity index (χ2v) is 4.83. The molecule has 15 heavy (non-hydrogen) atoms. The van der Waals surface area contributed by atoms with Crippen LogP contribution in [0.1, 0.15) is 18.1 Å². The SMILES string of the molecule is CCc1cc(CC(=O)CBr)cc(SC)c1. The molecule has 0 radical (unpaired) electrons. The standard InChI is InChI=1S/C12H15BrOS/c1-3-9-4-10(5-11(14)8-13)7-12(6-9)15-2/h4,6-7H,3,5,8H2,1-2H3. The van der Waals surface area contributed by atoms with Crippen LogP contribution in [0.15, 0.2) is 23.1 Å². The Balaban J connectivity index is 2.91. The van der Waals surface area contributed by atoms with Gasteiger partial charge in [0.2, 0.25) is 0 Å². The van der Waals surface area contributed by atoms with Crippen LogP contribution >= 0.6 is 27.7 Å². The molecule has 82 valence electrons. The predicted molar refractivity (Wildman–Crippen MR) is 70.1 cm³/mol. The van der Waals surface area contributed by atoms with Crippen LogP contribution in [0.3, 0.4) is 0 Å². The lowest BCUT2D eigenvalue weighted by molar-refractivity contribution is -0.115. The Hall–Kier alpha value is -0.280. The Morgan fingerprint density at radius 1 is 1.33 bits per heavy atom. The molecule has 0 spiro atoms. The lowest BCUT2D eigenvalue weighted by Gasteiger charge is -2.06. The highest BCUT2D eigenvalue weighted by molar-refractivity contribution is 9.09. The summed E-state index contributed by atoms with van der Waals surface area (Å²) < 4.78 is 0. The molecule has 0 N–H and O–H groups in total. The third-order valence-corrected chi connectivity index (χ3v) is 3.55. The number of hydrogen-bond acceptors (Lipinski definition) is 2. The molecule has 0 saturated heterocycles. The molecule has 0 aliphatic rings. The second-order valence-electron chi connectivity index (χ2n) is 3.39. The van der Waals surface area contributed by atoms with E-state index in [4.69, 9.17) is 0 Å². The molecule has 0 amide bonds. The number of rotatable bonds is 5. The van der Waals surface area contributed by atoms with Gasteiger partial charge in [-0.1, -0.05) is 28.9 Å². The van der Waals surface area contributed by atoms with Gasteiger partial charge in [-0.05, 0) is 35.9 Å². The van der Waals surface area contributed by atoms with Crippen LogP contribution in [0.2, 0.25) is 0 Å². The fourth-order valence-corrected chi connectivity index (χ4v) is 2.16. The number of benzene rings is 1. The molecule has 0 heterocycles. The molecule has 0 aliphatic carbocycles. The van der Waals surface area contributed by atoms with Crippen molar-refractivity contribution in [3.05, 3.63) is 29.3 Å². The molecule has 0 aliphatic heterocycles. The summed E-state index contributed by atoms with van der Waals surface area (Å²) in [5.41, 5.74) is 2.43. The van der Waals surface area contributed by atoms with Crippen molar-refractivity contribution in [2.24, 2.45) is 0 Å². The molecule has 0 bridgehead atoms. The Morgan fingerprint density at radius 2 is 2.00 bits per heavy atom. The maximum Gasteiger partial charge on any atom is 0.147 e. The number of halogens is 1. The van der Waals surface area contributed by atoms with Crippen molar-refractivity contribution in [3.63, 3.8) is 0 Å². The average molecular weight is 287 g/mol. The van der Waals surface area contributed by atoms with Gasteiger partial charge in [-0.15, -0.1) is 11.8 Å². The summed E-state index contributed by atoms with van der Waals surface area (Å²) in [4.78, 5) is 12.6. The molecule has 1 rings (SSSR count). The van der Waals surface area contributed by atoms with Gasteiger partial charge in [-0.3, -0.25) is 4.79 Å². The number of carbonyl (C=O) groups is 1. The van der Waals surface area contributed by atoms with E-state index in [0.29, 0.717) is 11.8 Å². The zero-order chi connectivity index (χ0) is 11.3. The quantitative estimate of drug-likeness (QED) is 0.609. The largest absolute Gasteiger partial charge is 0.298 e. The van der Waals surface area contributed by atoms with Crippen LogP contribution in [0, 0.1) is 0 Å². The molecule has 1 nitrogen and oxygen atoms in total. The number of thioether (sulfide) groups is 1. The highest BCUT2D eigenvalue weighted by Gasteiger charge is 2.04. The number of Topliss-reactive ketones (excluding diaryl/α,β-unsaturated/α-hetero) is 1. The van der Waals surface area contributed by atoms with Crippen LogP contribution in [0.4, 0.5) is 0 Å². The topological polar surface area (TPSA) is 17.1 Å². The zero-order valence-corrected chi connectivity index (χ0v) is 11.5. The summed E-state index contributed by atoms with van der Waals surface area (Å²) in [7, 11) is 0. The zero-order valence-electron chi connectivity index (χ0n) is 9.05. The second kappa shape index (κ2) is 6.33. The summed E-state index contributed by atoms with van der Waals surface area (Å²) in [6.07, 6.45) is 3.61. The molecular formula is C12H15BrOS. The first-order valence-electron chi connectivity index (χ1n) is 4.94. The van der Waals surface area contributed by atoms with Crippen molar-refractivity contribution >= 4 is 33.5 Å². The van der Waals surface area contributed by atoms with Gasteiger partial charge in [0.15, 0.2) is 0 Å². The molecule has 0 aromatic heterocycles. The Labute approximate surface area is 104 Å². The molecule has 0 fully saturated rings. The average Bonchev–Trinajstić information content (AvgIpc) is 2.28. The van der Waals surface area contributed by atoms with Gasteiger partial charge >= 0.3 is 0 Å². The van der Waals surface area contributed by atoms with Gasteiger partial charge in [0.1, 0.15) is 5.78 Å². The Morgan fingerprint density at radius 3 is 2.53 bits per heavy atom. The van der Waals surface area contributed by atoms with E-state index >= 15 is 0 Å². The summed E-state index contributed by atoms with van der Waals surface area (Å²) in [5, 5.41) is 0.442. The minimum atomic E-state index is 0.232. The molecule has 1 aromatic rings. The normalized spacial score (nSPS) is 10.3. The van der Waals surface area contributed by atoms with Crippen molar-refractivity contribution in [3.8, 4) is 0 Å². The molecule has 0 unspecified atom stereocenters. The van der Waals surface area contributed by atoms with E-state index in [1.807, 2.05) is 0 Å². The third kappa shape index (κ3) is 3.99.